The summed E-state index contributed by atoms with van der Waals surface area (Å²) in [5, 5.41) is 0.628. The van der Waals surface area contributed by atoms with Gasteiger partial charge < -0.3 is 10.6 Å². The van der Waals surface area contributed by atoms with Crippen LogP contribution in [0.5, 0.6) is 0 Å². The van der Waals surface area contributed by atoms with Crippen molar-refractivity contribution in [3.8, 4) is 0 Å². The Kier molecular flexibility index (Phi) is 4.79. The highest BCUT2D eigenvalue weighted by Crippen LogP contribution is 2.26. The topological polar surface area (TPSA) is 67.9 Å². The lowest BCUT2D eigenvalue weighted by atomic mass is 10.2. The third-order valence-electron chi connectivity index (χ3n) is 2.90. The highest BCUT2D eigenvalue weighted by Gasteiger charge is 2.10. The summed E-state index contributed by atoms with van der Waals surface area (Å²) in [6.45, 7) is 7.88. The van der Waals surface area contributed by atoms with E-state index in [0.29, 0.717) is 11.1 Å². The second-order valence-corrected chi connectivity index (χ2v) is 5.40. The number of aromatic nitrogens is 3. The van der Waals surface area contributed by atoms with E-state index in [-0.39, 0.29) is 5.95 Å². The Bertz CT molecular complexity index is 566. The van der Waals surface area contributed by atoms with Gasteiger partial charge in [-0.15, -0.1) is 0 Å². The molecule has 0 atom stereocenters. The fraction of sp³-hybridized carbons (Fsp3) is 0.357. The van der Waals surface area contributed by atoms with Crippen molar-refractivity contribution >= 4 is 23.7 Å². The Balaban J connectivity index is 2.25. The average Bonchev–Trinajstić information content (AvgIpc) is 2.42. The molecule has 0 aliphatic rings. The molecule has 5 nitrogen and oxygen atoms in total. The Hall–Kier alpha value is -1.82. The van der Waals surface area contributed by atoms with Crippen LogP contribution in [0.25, 0.3) is 0 Å². The van der Waals surface area contributed by atoms with Gasteiger partial charge in [0.15, 0.2) is 5.16 Å². The van der Waals surface area contributed by atoms with E-state index in [1.165, 1.54) is 17.3 Å². The molecule has 2 N–H and O–H groups in total. The Morgan fingerprint density at radius 3 is 2.30 bits per heavy atom. The van der Waals surface area contributed by atoms with Crippen molar-refractivity contribution in [2.24, 2.45) is 0 Å². The van der Waals surface area contributed by atoms with Crippen LogP contribution in [0.4, 0.5) is 11.9 Å². The van der Waals surface area contributed by atoms with Crippen LogP contribution in [0.1, 0.15) is 19.4 Å². The SMILES string of the molecule is CCN(CC)c1nc(N)nc(Sc2ccc(C)cc2)n1. The molecular weight excluding hydrogens is 270 g/mol. The Morgan fingerprint density at radius 1 is 1.05 bits per heavy atom. The van der Waals surface area contributed by atoms with Crippen molar-refractivity contribution in [2.45, 2.75) is 30.8 Å². The van der Waals surface area contributed by atoms with Crippen molar-refractivity contribution < 1.29 is 0 Å². The molecule has 0 aliphatic carbocycles. The van der Waals surface area contributed by atoms with E-state index in [1.54, 1.807) is 0 Å². The van der Waals surface area contributed by atoms with Crippen LogP contribution >= 0.6 is 11.8 Å². The number of rotatable bonds is 5. The second kappa shape index (κ2) is 6.56. The molecule has 1 aromatic heterocycles. The molecule has 0 unspecified atom stereocenters. The number of aryl methyl sites for hydroxylation is 1. The molecule has 0 saturated heterocycles. The minimum atomic E-state index is 0.261. The summed E-state index contributed by atoms with van der Waals surface area (Å²) >= 11 is 1.49. The van der Waals surface area contributed by atoms with Crippen LogP contribution in [0.15, 0.2) is 34.3 Å². The van der Waals surface area contributed by atoms with Crippen LogP contribution in [-0.4, -0.2) is 28.0 Å². The second-order valence-electron chi connectivity index (χ2n) is 4.36. The van der Waals surface area contributed by atoms with Gasteiger partial charge in [0.05, 0.1) is 0 Å². The molecule has 0 fully saturated rings. The average molecular weight is 289 g/mol. The van der Waals surface area contributed by atoms with E-state index >= 15 is 0 Å². The molecule has 2 rings (SSSR count). The normalized spacial score (nSPS) is 10.6. The summed E-state index contributed by atoms with van der Waals surface area (Å²) in [6.07, 6.45) is 0. The Labute approximate surface area is 123 Å². The molecule has 20 heavy (non-hydrogen) atoms. The van der Waals surface area contributed by atoms with Gasteiger partial charge in [-0.25, -0.2) is 0 Å². The zero-order valence-corrected chi connectivity index (χ0v) is 12.8. The number of hydrogen-bond donors (Lipinski definition) is 1. The van der Waals surface area contributed by atoms with Gasteiger partial charge in [0.1, 0.15) is 0 Å². The number of anilines is 2. The van der Waals surface area contributed by atoms with Gasteiger partial charge in [0, 0.05) is 18.0 Å². The predicted octanol–water partition coefficient (Wildman–Crippen LogP) is 2.76. The third kappa shape index (κ3) is 3.60. The molecule has 0 aliphatic heterocycles. The smallest absolute Gasteiger partial charge is 0.231 e. The highest BCUT2D eigenvalue weighted by atomic mass is 32.2. The van der Waals surface area contributed by atoms with Crippen LogP contribution < -0.4 is 10.6 Å². The zero-order valence-electron chi connectivity index (χ0n) is 12.0. The molecule has 1 aromatic carbocycles. The summed E-state index contributed by atoms with van der Waals surface area (Å²) in [5.41, 5.74) is 7.01. The predicted molar refractivity (Wildman–Crippen MR) is 83.1 cm³/mol. The fourth-order valence-corrected chi connectivity index (χ4v) is 2.52. The lowest BCUT2D eigenvalue weighted by Gasteiger charge is -2.18. The first kappa shape index (κ1) is 14.6. The van der Waals surface area contributed by atoms with E-state index in [2.05, 4.69) is 64.9 Å². The molecule has 0 bridgehead atoms. The number of nitrogen functional groups attached to an aromatic ring is 1. The molecule has 2 aromatic rings. The number of nitrogens with two attached hydrogens (primary N) is 1. The molecular formula is C14H19N5S. The van der Waals surface area contributed by atoms with E-state index < -0.39 is 0 Å². The number of hydrogen-bond acceptors (Lipinski definition) is 6. The first-order chi connectivity index (χ1) is 9.62. The molecule has 0 spiro atoms. The quantitative estimate of drug-likeness (QED) is 0.913. The standard InChI is InChI=1S/C14H19N5S/c1-4-19(5-2)13-16-12(15)17-14(18-13)20-11-8-6-10(3)7-9-11/h6-9H,4-5H2,1-3H3,(H2,15,16,17,18). The van der Waals surface area contributed by atoms with Crippen molar-refractivity contribution in [3.63, 3.8) is 0 Å². The summed E-state index contributed by atoms with van der Waals surface area (Å²) in [4.78, 5) is 16.0. The van der Waals surface area contributed by atoms with Gasteiger partial charge in [-0.2, -0.15) is 15.0 Å². The van der Waals surface area contributed by atoms with E-state index in [9.17, 15) is 0 Å². The highest BCUT2D eigenvalue weighted by molar-refractivity contribution is 7.99. The molecule has 0 radical (unpaired) electrons. The lowest BCUT2D eigenvalue weighted by Crippen LogP contribution is -2.25. The van der Waals surface area contributed by atoms with E-state index in [0.717, 1.165) is 18.0 Å². The van der Waals surface area contributed by atoms with Crippen LogP contribution in [-0.2, 0) is 0 Å². The van der Waals surface area contributed by atoms with Crippen molar-refractivity contribution in [3.05, 3.63) is 29.8 Å². The summed E-state index contributed by atoms with van der Waals surface area (Å²) in [5.74, 6) is 0.897. The van der Waals surface area contributed by atoms with Gasteiger partial charge in [0.25, 0.3) is 0 Å². The summed E-state index contributed by atoms with van der Waals surface area (Å²) in [7, 11) is 0. The van der Waals surface area contributed by atoms with E-state index in [4.69, 9.17) is 5.73 Å². The summed E-state index contributed by atoms with van der Waals surface area (Å²) < 4.78 is 0. The maximum Gasteiger partial charge on any atom is 0.231 e. The van der Waals surface area contributed by atoms with Gasteiger partial charge in [-0.05, 0) is 44.7 Å². The maximum atomic E-state index is 5.78. The molecule has 1 heterocycles. The van der Waals surface area contributed by atoms with Gasteiger partial charge in [0.2, 0.25) is 11.9 Å². The van der Waals surface area contributed by atoms with Crippen LogP contribution in [0, 0.1) is 6.92 Å². The molecule has 0 saturated carbocycles. The van der Waals surface area contributed by atoms with Gasteiger partial charge >= 0.3 is 0 Å². The van der Waals surface area contributed by atoms with Crippen molar-refractivity contribution in [2.75, 3.05) is 23.7 Å². The number of benzene rings is 1. The van der Waals surface area contributed by atoms with Gasteiger partial charge in [-0.1, -0.05) is 17.7 Å². The van der Waals surface area contributed by atoms with Crippen LogP contribution in [0.2, 0.25) is 0 Å². The maximum absolute atomic E-state index is 5.78. The molecule has 106 valence electrons. The van der Waals surface area contributed by atoms with Crippen molar-refractivity contribution in [1.29, 1.82) is 0 Å². The zero-order chi connectivity index (χ0) is 14.5. The van der Waals surface area contributed by atoms with Crippen molar-refractivity contribution in [1.82, 2.24) is 15.0 Å². The third-order valence-corrected chi connectivity index (χ3v) is 3.77. The van der Waals surface area contributed by atoms with Crippen LogP contribution in [0.3, 0.4) is 0 Å². The first-order valence-corrected chi connectivity index (χ1v) is 7.45. The minimum Gasteiger partial charge on any atom is -0.368 e. The molecule has 6 heteroatoms. The number of nitrogens with zero attached hydrogens (tertiary/aromatic N) is 4. The summed E-state index contributed by atoms with van der Waals surface area (Å²) in [6, 6.07) is 8.24. The van der Waals surface area contributed by atoms with E-state index in [1.807, 2.05) is 0 Å². The Morgan fingerprint density at radius 2 is 1.70 bits per heavy atom. The minimum absolute atomic E-state index is 0.261. The first-order valence-electron chi connectivity index (χ1n) is 6.63. The fourth-order valence-electron chi connectivity index (χ4n) is 1.77. The lowest BCUT2D eigenvalue weighted by molar-refractivity contribution is 0.787. The van der Waals surface area contributed by atoms with Gasteiger partial charge in [-0.3, -0.25) is 0 Å². The monoisotopic (exact) mass is 289 g/mol. The molecule has 0 amide bonds. The largest absolute Gasteiger partial charge is 0.368 e.